The number of carbonyl (C=O) groups excluding carboxylic acids is 1. The summed E-state index contributed by atoms with van der Waals surface area (Å²) >= 11 is 4.58. The van der Waals surface area contributed by atoms with Crippen LogP contribution < -0.4 is 31.8 Å². The molecule has 0 aromatic heterocycles. The van der Waals surface area contributed by atoms with Crippen molar-refractivity contribution < 1.29 is 19.8 Å². The van der Waals surface area contributed by atoms with Gasteiger partial charge in [0.25, 0.3) is 0 Å². The average Bonchev–Trinajstić information content (AvgIpc) is 3.07. The van der Waals surface area contributed by atoms with E-state index in [-0.39, 0.29) is 3.84 Å². The third kappa shape index (κ3) is 5.02. The fourth-order valence-corrected chi connectivity index (χ4v) is 53.0. The van der Waals surface area contributed by atoms with E-state index in [4.69, 9.17) is 11.6 Å². The van der Waals surface area contributed by atoms with Crippen LogP contribution >= 0.6 is 22.8 Å². The molecule has 0 unspecified atom stereocenters. The zero-order valence-electron chi connectivity index (χ0n) is 22.9. The van der Waals surface area contributed by atoms with Crippen LogP contribution in [0.1, 0.15) is 0 Å². The molecule has 0 atom stereocenters. The molecule has 0 amide bonds. The molecule has 0 radical (unpaired) electrons. The Morgan fingerprint density at radius 1 is 0.357 bits per heavy atom. The van der Waals surface area contributed by atoms with Crippen LogP contribution in [0.3, 0.4) is 0 Å². The first kappa shape index (κ1) is 28.9. The van der Waals surface area contributed by atoms with Crippen molar-refractivity contribution in [2.75, 3.05) is 0 Å². The first-order valence-corrected chi connectivity index (χ1v) is 23.6. The molecule has 0 N–H and O–H groups in total. The monoisotopic (exact) mass is 692 g/mol. The van der Waals surface area contributed by atoms with E-state index in [9.17, 15) is 4.79 Å². The van der Waals surface area contributed by atoms with Gasteiger partial charge < -0.3 is 0 Å². The zero-order chi connectivity index (χ0) is 28.8. The molecule has 0 spiro atoms. The van der Waals surface area contributed by atoms with Crippen molar-refractivity contribution in [2.45, 2.75) is 0 Å². The molecule has 0 aliphatic heterocycles. The van der Waals surface area contributed by atoms with Crippen molar-refractivity contribution in [1.82, 2.24) is 0 Å². The van der Waals surface area contributed by atoms with Crippen LogP contribution in [0, 0.1) is 0 Å². The average molecular weight is 693 g/mol. The summed E-state index contributed by atoms with van der Waals surface area (Å²) < 4.78 is -0.160. The Morgan fingerprint density at radius 2 is 0.524 bits per heavy atom. The van der Waals surface area contributed by atoms with Crippen molar-refractivity contribution in [1.29, 1.82) is 0 Å². The summed E-state index contributed by atoms with van der Waals surface area (Å²) in [7, 11) is 0. The fraction of sp³-hybridized carbons (Fsp3) is 0. The topological polar surface area (TPSA) is 17.1 Å². The van der Waals surface area contributed by atoms with Crippen molar-refractivity contribution in [3.63, 3.8) is 0 Å². The molecule has 6 aromatic rings. The van der Waals surface area contributed by atoms with Crippen LogP contribution in [-0.4, -0.2) is 3.84 Å². The van der Waals surface area contributed by atoms with E-state index in [0.717, 1.165) is 0 Å². The van der Waals surface area contributed by atoms with Gasteiger partial charge in [-0.2, -0.15) is 0 Å². The third-order valence-corrected chi connectivity index (χ3v) is 44.4. The Hall–Kier alpha value is -3.24. The van der Waals surface area contributed by atoms with Crippen molar-refractivity contribution in [3.8, 4) is 0 Å². The molecule has 0 heterocycles. The second kappa shape index (κ2) is 13.0. The number of hydrogen-bond acceptors (Lipinski definition) is 1. The third-order valence-electron chi connectivity index (χ3n) is 7.58. The van der Waals surface area contributed by atoms with Crippen LogP contribution in [-0.2, 0) is 15.0 Å². The van der Waals surface area contributed by atoms with Crippen LogP contribution in [0.5, 0.6) is 0 Å². The molecule has 0 aliphatic rings. The number of rotatable bonds is 9. The number of halogens is 1. The molecule has 212 valence electrons. The zero-order valence-corrected chi connectivity index (χ0v) is 27.3. The maximum absolute atomic E-state index is 14.8. The molecular weight excluding hydrogens is 661 g/mol. The minimum absolute atomic E-state index is 0.160. The van der Waals surface area contributed by atoms with Crippen LogP contribution in [0.25, 0.3) is 0 Å². The SMILES string of the molecule is O=[C](Cl)[Rh]([PH](c1ccccc1)(c1ccccc1)c1ccccc1)[PH](c1ccccc1)(c1ccccc1)c1ccccc1. The number of hydrogen-bond donors (Lipinski definition) is 0. The normalized spacial score (nSPS) is 12.7. The number of carbonyl (C=O) groups is 1. The predicted octanol–water partition coefficient (Wildman–Crippen LogP) is 7.25. The number of benzene rings is 6. The standard InChI is InChI=1S/2C18H15P.CClO.Rh/c2*1-4-10-16(11-5-1)19(17-12-6-2-7-13-17)18-14-8-3-9-15-18;2-1-3;/h2*1-15H;;/q;;;-2/p+2. The predicted molar refractivity (Wildman–Crippen MR) is 184 cm³/mol. The molecule has 0 saturated carbocycles. The van der Waals surface area contributed by atoms with Gasteiger partial charge in [-0.15, -0.1) is 0 Å². The summed E-state index contributed by atoms with van der Waals surface area (Å²) in [4.78, 5) is 14.8. The summed E-state index contributed by atoms with van der Waals surface area (Å²) in [6, 6.07) is 64.6. The first-order chi connectivity index (χ1) is 20.7. The van der Waals surface area contributed by atoms with Gasteiger partial charge in [-0.25, -0.2) is 0 Å². The summed E-state index contributed by atoms with van der Waals surface area (Å²) in [5.41, 5.74) is -6.18. The molecule has 0 fully saturated rings. The van der Waals surface area contributed by atoms with Crippen LogP contribution in [0.4, 0.5) is 4.79 Å². The molecule has 1 nitrogen and oxygen atoms in total. The van der Waals surface area contributed by atoms with Crippen molar-refractivity contribution in [3.05, 3.63) is 182 Å². The minimum atomic E-state index is -3.09. The van der Waals surface area contributed by atoms with Gasteiger partial charge in [0.05, 0.1) is 0 Å². The van der Waals surface area contributed by atoms with E-state index in [2.05, 4.69) is 182 Å². The second-order valence-electron chi connectivity index (χ2n) is 9.90. The molecular formula is C37H32ClOP2Rh. The van der Waals surface area contributed by atoms with E-state index in [1.54, 1.807) is 0 Å². The second-order valence-corrected chi connectivity index (χ2v) is 31.9. The van der Waals surface area contributed by atoms with E-state index >= 15 is 0 Å². The Kier molecular flexibility index (Phi) is 8.90. The van der Waals surface area contributed by atoms with Gasteiger partial charge in [0, 0.05) is 0 Å². The first-order valence-electron chi connectivity index (χ1n) is 13.9. The Balaban J connectivity index is 1.88. The Labute approximate surface area is 258 Å². The summed E-state index contributed by atoms with van der Waals surface area (Å²) in [6.45, 7) is 0. The van der Waals surface area contributed by atoms with Crippen molar-refractivity contribution in [2.24, 2.45) is 0 Å². The van der Waals surface area contributed by atoms with Gasteiger partial charge in [-0.3, -0.25) is 0 Å². The molecule has 0 aliphatic carbocycles. The molecule has 0 bridgehead atoms. The van der Waals surface area contributed by atoms with Gasteiger partial charge in [0.2, 0.25) is 0 Å². The van der Waals surface area contributed by atoms with E-state index < -0.39 is 26.2 Å². The van der Waals surface area contributed by atoms with Gasteiger partial charge in [-0.05, 0) is 0 Å². The fourth-order valence-electron chi connectivity index (χ4n) is 5.92. The molecule has 5 heteroatoms. The summed E-state index contributed by atoms with van der Waals surface area (Å²) in [5.74, 6) is 0. The van der Waals surface area contributed by atoms with E-state index in [1.165, 1.54) is 31.8 Å². The molecule has 6 aromatic carbocycles. The van der Waals surface area contributed by atoms with Gasteiger partial charge in [0.15, 0.2) is 0 Å². The Bertz CT molecular complexity index is 1420. The maximum atomic E-state index is 14.8. The van der Waals surface area contributed by atoms with Gasteiger partial charge in [-0.1, -0.05) is 0 Å². The molecule has 6 rings (SSSR count). The molecule has 42 heavy (non-hydrogen) atoms. The molecule has 0 saturated heterocycles. The summed E-state index contributed by atoms with van der Waals surface area (Å²) in [5, 5.41) is 7.35. The van der Waals surface area contributed by atoms with E-state index in [1.807, 2.05) is 0 Å². The van der Waals surface area contributed by atoms with Crippen LogP contribution in [0.15, 0.2) is 182 Å². The van der Waals surface area contributed by atoms with Gasteiger partial charge in [0.1, 0.15) is 0 Å². The van der Waals surface area contributed by atoms with E-state index in [0.29, 0.717) is 0 Å². The van der Waals surface area contributed by atoms with Gasteiger partial charge >= 0.3 is 260 Å². The summed E-state index contributed by atoms with van der Waals surface area (Å²) in [6.07, 6.45) is 0. The Morgan fingerprint density at radius 3 is 0.667 bits per heavy atom. The van der Waals surface area contributed by atoms with Crippen LogP contribution in [0.2, 0.25) is 0 Å². The van der Waals surface area contributed by atoms with Crippen molar-refractivity contribution >= 4 is 58.5 Å². The quantitative estimate of drug-likeness (QED) is 0.0887.